The zero-order valence-corrected chi connectivity index (χ0v) is 22.2. The minimum absolute atomic E-state index is 0.249. The second-order valence-electron chi connectivity index (χ2n) is 7.30. The van der Waals surface area contributed by atoms with Crippen molar-refractivity contribution in [2.45, 2.75) is 23.5 Å². The van der Waals surface area contributed by atoms with Gasteiger partial charge in [0.2, 0.25) is 5.91 Å². The highest BCUT2D eigenvalue weighted by Gasteiger charge is 2.29. The van der Waals surface area contributed by atoms with Gasteiger partial charge in [-0.15, -0.1) is 11.8 Å². The van der Waals surface area contributed by atoms with Crippen molar-refractivity contribution in [3.8, 4) is 0 Å². The molecule has 3 aromatic rings. The first kappa shape index (κ1) is 28.1. The van der Waals surface area contributed by atoms with Gasteiger partial charge in [0.05, 0.1) is 36.5 Å². The Kier molecular flexibility index (Phi) is 9.49. The van der Waals surface area contributed by atoms with Crippen molar-refractivity contribution >= 4 is 87.3 Å². The van der Waals surface area contributed by atoms with E-state index in [1.54, 1.807) is 24.3 Å². The lowest BCUT2D eigenvalue weighted by Crippen LogP contribution is -2.24. The third-order valence-electron chi connectivity index (χ3n) is 4.85. The van der Waals surface area contributed by atoms with Crippen LogP contribution in [0.3, 0.4) is 0 Å². The monoisotopic (exact) mass is 588 g/mol. The van der Waals surface area contributed by atoms with Crippen LogP contribution in [0.25, 0.3) is 0 Å². The summed E-state index contributed by atoms with van der Waals surface area (Å²) in [6.07, 6.45) is 0.494. The molecule has 1 unspecified atom stereocenters. The van der Waals surface area contributed by atoms with Gasteiger partial charge < -0.3 is 15.7 Å². The smallest absolute Gasteiger partial charge is 0.338 e. The highest BCUT2D eigenvalue weighted by Crippen LogP contribution is 2.42. The molecule has 6 nitrogen and oxygen atoms in total. The van der Waals surface area contributed by atoms with Crippen molar-refractivity contribution in [1.82, 2.24) is 0 Å². The predicted octanol–water partition coefficient (Wildman–Crippen LogP) is 7.90. The summed E-state index contributed by atoms with van der Waals surface area (Å²) in [6.45, 7) is 1.84. The Morgan fingerprint density at radius 1 is 0.889 bits per heavy atom. The van der Waals surface area contributed by atoms with E-state index in [4.69, 9.17) is 46.4 Å². The Labute approximate surface area is 230 Å². The highest BCUT2D eigenvalue weighted by molar-refractivity contribution is 8.00. The molecule has 0 fully saturated rings. The molecule has 0 aliphatic rings. The number of hydrogen-bond donors (Lipinski definition) is 3. The maximum Gasteiger partial charge on any atom is 0.338 e. The van der Waals surface area contributed by atoms with E-state index < -0.39 is 39.1 Å². The molecular formula is C24H17Cl4FN2O4S. The largest absolute Gasteiger partial charge is 0.478 e. The maximum absolute atomic E-state index is 13.1. The third-order valence-corrected chi connectivity index (χ3v) is 8.01. The summed E-state index contributed by atoms with van der Waals surface area (Å²) in [7, 11) is 0. The molecule has 0 bridgehead atoms. The number of benzene rings is 3. The van der Waals surface area contributed by atoms with Gasteiger partial charge in [0.15, 0.2) is 0 Å². The Bertz CT molecular complexity index is 1340. The van der Waals surface area contributed by atoms with Crippen LogP contribution in [0.15, 0.2) is 53.4 Å². The number of hydrogen-bond acceptors (Lipinski definition) is 4. The Morgan fingerprint density at radius 2 is 1.50 bits per heavy atom. The fourth-order valence-electron chi connectivity index (χ4n) is 3.13. The number of thioether (sulfide) groups is 1. The molecule has 3 rings (SSSR count). The molecule has 1 atom stereocenters. The number of aromatic carboxylic acids is 1. The second kappa shape index (κ2) is 12.2. The van der Waals surface area contributed by atoms with Gasteiger partial charge in [0.25, 0.3) is 5.91 Å². The van der Waals surface area contributed by atoms with Crippen molar-refractivity contribution in [2.24, 2.45) is 0 Å². The van der Waals surface area contributed by atoms with Crippen LogP contribution in [0, 0.1) is 5.82 Å². The number of anilines is 2. The number of amides is 2. The number of carbonyl (C=O) groups is 3. The fourth-order valence-corrected chi connectivity index (χ4v) is 5.16. The fraction of sp³-hybridized carbons (Fsp3) is 0.125. The molecular weight excluding hydrogens is 573 g/mol. The van der Waals surface area contributed by atoms with Crippen LogP contribution in [-0.4, -0.2) is 28.1 Å². The van der Waals surface area contributed by atoms with Crippen LogP contribution in [0.2, 0.25) is 20.1 Å². The van der Waals surface area contributed by atoms with Gasteiger partial charge >= 0.3 is 5.97 Å². The van der Waals surface area contributed by atoms with Gasteiger partial charge in [-0.25, -0.2) is 9.18 Å². The van der Waals surface area contributed by atoms with E-state index in [-0.39, 0.29) is 21.0 Å². The van der Waals surface area contributed by atoms with E-state index in [1.165, 1.54) is 36.0 Å². The van der Waals surface area contributed by atoms with Crippen LogP contribution in [0.5, 0.6) is 0 Å². The minimum Gasteiger partial charge on any atom is -0.478 e. The van der Waals surface area contributed by atoms with Crippen LogP contribution >= 0.6 is 58.2 Å². The van der Waals surface area contributed by atoms with Gasteiger partial charge in [-0.05, 0) is 48.9 Å². The van der Waals surface area contributed by atoms with Crippen molar-refractivity contribution in [2.75, 3.05) is 10.6 Å². The van der Waals surface area contributed by atoms with Gasteiger partial charge in [0, 0.05) is 16.3 Å². The first-order valence-electron chi connectivity index (χ1n) is 10.3. The van der Waals surface area contributed by atoms with Crippen LogP contribution in [-0.2, 0) is 4.79 Å². The molecule has 0 aliphatic carbocycles. The van der Waals surface area contributed by atoms with E-state index in [9.17, 15) is 23.9 Å². The lowest BCUT2D eigenvalue weighted by molar-refractivity contribution is -0.115. The zero-order valence-electron chi connectivity index (χ0n) is 18.4. The van der Waals surface area contributed by atoms with Crippen LogP contribution in [0.1, 0.15) is 34.1 Å². The summed E-state index contributed by atoms with van der Waals surface area (Å²) in [5.41, 5.74) is -0.240. The van der Waals surface area contributed by atoms with Crippen LogP contribution < -0.4 is 10.6 Å². The summed E-state index contributed by atoms with van der Waals surface area (Å²) in [4.78, 5) is 38.1. The zero-order chi connectivity index (χ0) is 26.6. The average Bonchev–Trinajstić information content (AvgIpc) is 2.84. The molecule has 12 heteroatoms. The molecule has 0 saturated heterocycles. The number of carboxylic acids is 1. The Morgan fingerprint density at radius 3 is 2.08 bits per heavy atom. The summed E-state index contributed by atoms with van der Waals surface area (Å²) in [6, 6.07) is 12.0. The summed E-state index contributed by atoms with van der Waals surface area (Å²) in [5, 5.41) is 13.1. The Hall–Kier alpha value is -2.49. The lowest BCUT2D eigenvalue weighted by atomic mass is 10.1. The predicted molar refractivity (Wildman–Crippen MR) is 143 cm³/mol. The van der Waals surface area contributed by atoms with E-state index in [2.05, 4.69) is 10.6 Å². The SMILES string of the molecule is CCC(Sc1cccc(NC(=O)c2c(Cl)c(Cl)c(Cl)c(Cl)c2C(=O)O)c1)C(=O)Nc1ccc(F)cc1. The number of carboxylic acid groups (broad SMARTS) is 1. The van der Waals surface area contributed by atoms with E-state index in [0.717, 1.165) is 0 Å². The highest BCUT2D eigenvalue weighted by atomic mass is 35.5. The molecule has 0 spiro atoms. The van der Waals surface area contributed by atoms with Gasteiger partial charge in [-0.2, -0.15) is 0 Å². The molecule has 0 aliphatic heterocycles. The normalized spacial score (nSPS) is 11.6. The molecule has 0 saturated carbocycles. The second-order valence-corrected chi connectivity index (χ2v) is 10.1. The molecule has 2 amide bonds. The molecule has 0 heterocycles. The molecule has 36 heavy (non-hydrogen) atoms. The van der Waals surface area contributed by atoms with E-state index in [1.807, 2.05) is 6.92 Å². The number of halogens is 5. The van der Waals surface area contributed by atoms with Crippen molar-refractivity contribution in [3.63, 3.8) is 0 Å². The van der Waals surface area contributed by atoms with E-state index in [0.29, 0.717) is 22.7 Å². The molecule has 0 radical (unpaired) electrons. The number of rotatable bonds is 8. The third kappa shape index (κ3) is 6.44. The van der Waals surface area contributed by atoms with Gasteiger partial charge in [-0.3, -0.25) is 9.59 Å². The topological polar surface area (TPSA) is 95.5 Å². The molecule has 3 N–H and O–H groups in total. The number of carbonyl (C=O) groups excluding carboxylic acids is 2. The Balaban J connectivity index is 1.81. The lowest BCUT2D eigenvalue weighted by Gasteiger charge is -2.16. The average molecular weight is 590 g/mol. The van der Waals surface area contributed by atoms with Gasteiger partial charge in [-0.1, -0.05) is 59.4 Å². The van der Waals surface area contributed by atoms with Crippen molar-refractivity contribution in [3.05, 3.63) is 85.6 Å². The molecule has 0 aromatic heterocycles. The van der Waals surface area contributed by atoms with Crippen molar-refractivity contribution < 1.29 is 23.9 Å². The maximum atomic E-state index is 13.1. The van der Waals surface area contributed by atoms with Crippen LogP contribution in [0.4, 0.5) is 15.8 Å². The minimum atomic E-state index is -1.51. The van der Waals surface area contributed by atoms with E-state index >= 15 is 0 Å². The first-order chi connectivity index (χ1) is 17.0. The van der Waals surface area contributed by atoms with Crippen molar-refractivity contribution in [1.29, 1.82) is 0 Å². The summed E-state index contributed by atoms with van der Waals surface area (Å²) in [5.74, 6) is -3.05. The molecule has 3 aromatic carbocycles. The standard InChI is InChI=1S/C24H17Cl4FN2O4S/c1-2-15(22(32)30-12-8-6-11(29)7-9-12)36-14-5-3-4-13(10-14)31-23(33)16-17(24(34)35)19(26)21(28)20(27)18(16)25/h3-10,15H,2H2,1H3,(H,30,32)(H,31,33)(H,34,35). The quantitative estimate of drug-likeness (QED) is 0.141. The molecule has 188 valence electrons. The summed E-state index contributed by atoms with van der Waals surface area (Å²) < 4.78 is 13.1. The van der Waals surface area contributed by atoms with Gasteiger partial charge in [0.1, 0.15) is 5.82 Å². The number of nitrogens with one attached hydrogen (secondary N) is 2. The summed E-state index contributed by atoms with van der Waals surface area (Å²) >= 11 is 25.4. The first-order valence-corrected chi connectivity index (χ1v) is 12.7.